The van der Waals surface area contributed by atoms with Crippen molar-refractivity contribution in [1.82, 2.24) is 14.8 Å². The third kappa shape index (κ3) is 6.54. The quantitative estimate of drug-likeness (QED) is 0.628. The summed E-state index contributed by atoms with van der Waals surface area (Å²) in [5.74, 6) is 0.203. The molecule has 0 radical (unpaired) electrons. The second-order valence-electron chi connectivity index (χ2n) is 7.92. The van der Waals surface area contributed by atoms with E-state index >= 15 is 0 Å². The number of unbranched alkanes of at least 4 members (excludes halogenated alkanes) is 1. The summed E-state index contributed by atoms with van der Waals surface area (Å²) in [4.78, 5) is 21.3. The maximum absolute atomic E-state index is 12.4. The van der Waals surface area contributed by atoms with Crippen LogP contribution in [0.25, 0.3) is 0 Å². The van der Waals surface area contributed by atoms with Crippen LogP contribution in [-0.4, -0.2) is 64.6 Å². The van der Waals surface area contributed by atoms with Crippen LogP contribution in [0.5, 0.6) is 0 Å². The van der Waals surface area contributed by atoms with Crippen molar-refractivity contribution < 1.29 is 14.3 Å². The normalized spacial score (nSPS) is 16.5. The topological polar surface area (TPSA) is 81.8 Å². The molecule has 1 aromatic heterocycles. The van der Waals surface area contributed by atoms with Crippen molar-refractivity contribution >= 4 is 23.2 Å². The summed E-state index contributed by atoms with van der Waals surface area (Å²) in [5, 5.41) is 13.5. The van der Waals surface area contributed by atoms with Crippen molar-refractivity contribution in [2.45, 2.75) is 45.8 Å². The Hall–Kier alpha value is -1.93. The van der Waals surface area contributed by atoms with Gasteiger partial charge in [0.1, 0.15) is 6.26 Å². The number of aryl methyl sites for hydroxylation is 1. The number of aliphatic hydroxyl groups is 1. The number of piperazine rings is 1. The molecule has 0 saturated carbocycles. The molecule has 3 rings (SSSR count). The fourth-order valence-corrected chi connectivity index (χ4v) is 3.68. The van der Waals surface area contributed by atoms with Crippen molar-refractivity contribution in [3.8, 4) is 0 Å². The van der Waals surface area contributed by atoms with E-state index < -0.39 is 0 Å². The van der Waals surface area contributed by atoms with Crippen molar-refractivity contribution in [2.75, 3.05) is 38.0 Å². The van der Waals surface area contributed by atoms with E-state index in [0.717, 1.165) is 57.5 Å². The molecule has 164 valence electrons. The van der Waals surface area contributed by atoms with E-state index in [0.29, 0.717) is 23.1 Å². The molecule has 1 unspecified atom stereocenters. The number of oxazole rings is 1. The van der Waals surface area contributed by atoms with Crippen LogP contribution in [0.15, 0.2) is 28.9 Å². The fraction of sp³-hybridized carbons (Fsp3) is 0.545. The molecule has 2 heterocycles. The number of aromatic nitrogens is 1. The van der Waals surface area contributed by atoms with E-state index in [-0.39, 0.29) is 17.7 Å². The Morgan fingerprint density at radius 3 is 2.73 bits per heavy atom. The molecule has 1 fully saturated rings. The highest BCUT2D eigenvalue weighted by molar-refractivity contribution is 6.31. The number of carbonyl (C=O) groups is 1. The first-order valence-corrected chi connectivity index (χ1v) is 11.0. The minimum atomic E-state index is -0.323. The molecule has 30 heavy (non-hydrogen) atoms. The van der Waals surface area contributed by atoms with E-state index in [1.807, 2.05) is 13.0 Å². The van der Waals surface area contributed by atoms with Crippen LogP contribution in [-0.2, 0) is 6.54 Å². The number of aliphatic hydroxyl groups excluding tert-OH is 1. The molecule has 1 aliphatic heterocycles. The first-order valence-electron chi connectivity index (χ1n) is 10.6. The molecule has 2 aromatic rings. The van der Waals surface area contributed by atoms with Crippen LogP contribution in [0.2, 0.25) is 5.02 Å². The van der Waals surface area contributed by atoms with Crippen LogP contribution in [0, 0.1) is 6.92 Å². The molecule has 1 saturated heterocycles. The Morgan fingerprint density at radius 1 is 1.30 bits per heavy atom. The van der Waals surface area contributed by atoms with E-state index in [9.17, 15) is 9.90 Å². The number of nitrogens with zero attached hydrogens (tertiary/aromatic N) is 3. The van der Waals surface area contributed by atoms with Crippen molar-refractivity contribution in [3.05, 3.63) is 46.6 Å². The molecule has 2 N–H and O–H groups in total. The molecule has 1 aromatic carbocycles. The molecular formula is C22H31ClN4O3. The minimum Gasteiger partial charge on any atom is -0.447 e. The number of nitrogens with one attached hydrogen (secondary N) is 1. The second kappa shape index (κ2) is 10.9. The third-order valence-corrected chi connectivity index (χ3v) is 5.80. The summed E-state index contributed by atoms with van der Waals surface area (Å²) < 4.78 is 5.51. The smallest absolute Gasteiger partial charge is 0.277 e. The number of hydrogen-bond acceptors (Lipinski definition) is 6. The van der Waals surface area contributed by atoms with Crippen molar-refractivity contribution in [2.24, 2.45) is 0 Å². The van der Waals surface area contributed by atoms with Crippen LogP contribution < -0.4 is 5.32 Å². The zero-order chi connectivity index (χ0) is 21.5. The number of amides is 1. The van der Waals surface area contributed by atoms with Gasteiger partial charge in [0.2, 0.25) is 5.89 Å². The van der Waals surface area contributed by atoms with Crippen molar-refractivity contribution in [3.63, 3.8) is 0 Å². The predicted molar refractivity (Wildman–Crippen MR) is 118 cm³/mol. The van der Waals surface area contributed by atoms with Gasteiger partial charge >= 0.3 is 0 Å². The van der Waals surface area contributed by atoms with Crippen LogP contribution >= 0.6 is 11.6 Å². The molecule has 0 spiro atoms. The van der Waals surface area contributed by atoms with Crippen molar-refractivity contribution in [1.29, 1.82) is 0 Å². The lowest BCUT2D eigenvalue weighted by atomic mass is 10.1. The average molecular weight is 435 g/mol. The maximum Gasteiger partial charge on any atom is 0.277 e. The first-order chi connectivity index (χ1) is 14.4. The number of benzene rings is 1. The average Bonchev–Trinajstić information content (AvgIpc) is 3.19. The van der Waals surface area contributed by atoms with E-state index in [4.69, 9.17) is 16.0 Å². The summed E-state index contributed by atoms with van der Waals surface area (Å²) in [7, 11) is 0. The molecule has 0 aliphatic carbocycles. The minimum absolute atomic E-state index is 0.243. The highest BCUT2D eigenvalue weighted by Gasteiger charge is 2.21. The Balaban J connectivity index is 1.45. The van der Waals surface area contributed by atoms with Crippen LogP contribution in [0.4, 0.5) is 5.69 Å². The SMILES string of the molecule is CCCCC(O)CN1CCN(Cc2nc(C(=O)Nc3ccc(C)c(Cl)c3)co2)CC1. The van der Waals surface area contributed by atoms with Gasteiger partial charge in [-0.25, -0.2) is 4.98 Å². The van der Waals surface area contributed by atoms with Gasteiger partial charge in [-0.2, -0.15) is 0 Å². The number of hydrogen-bond donors (Lipinski definition) is 2. The zero-order valence-electron chi connectivity index (χ0n) is 17.7. The number of rotatable bonds is 9. The summed E-state index contributed by atoms with van der Waals surface area (Å²) >= 11 is 6.11. The lowest BCUT2D eigenvalue weighted by Gasteiger charge is -2.35. The third-order valence-electron chi connectivity index (χ3n) is 5.40. The van der Waals surface area contributed by atoms with Crippen LogP contribution in [0.1, 0.15) is 48.1 Å². The van der Waals surface area contributed by atoms with Gasteiger partial charge in [-0.05, 0) is 31.0 Å². The molecular weight excluding hydrogens is 404 g/mol. The van der Waals surface area contributed by atoms with E-state index in [1.54, 1.807) is 12.1 Å². The number of halogens is 1. The second-order valence-corrected chi connectivity index (χ2v) is 8.32. The highest BCUT2D eigenvalue weighted by Crippen LogP contribution is 2.20. The van der Waals surface area contributed by atoms with Gasteiger partial charge in [0.15, 0.2) is 5.69 Å². The Labute approximate surface area is 183 Å². The molecule has 0 bridgehead atoms. The molecule has 1 amide bonds. The van der Waals surface area contributed by atoms with Gasteiger partial charge in [-0.1, -0.05) is 37.4 Å². The van der Waals surface area contributed by atoms with Crippen LogP contribution in [0.3, 0.4) is 0 Å². The number of carbonyl (C=O) groups excluding carboxylic acids is 1. The number of anilines is 1. The predicted octanol–water partition coefficient (Wildman–Crippen LogP) is 3.56. The zero-order valence-corrected chi connectivity index (χ0v) is 18.5. The van der Waals surface area contributed by atoms with Gasteiger partial charge in [0.05, 0.1) is 12.6 Å². The van der Waals surface area contributed by atoms with E-state index in [2.05, 4.69) is 27.0 Å². The summed E-state index contributed by atoms with van der Waals surface area (Å²) in [6.07, 6.45) is 4.19. The van der Waals surface area contributed by atoms with Gasteiger partial charge in [-0.15, -0.1) is 0 Å². The standard InChI is InChI=1S/C22H31ClN4O3/c1-3-4-5-18(28)13-26-8-10-27(11-9-26)14-21-25-20(15-30-21)22(29)24-17-7-6-16(2)19(23)12-17/h6-7,12,15,18,28H,3-5,8-11,13-14H2,1-2H3,(H,24,29). The van der Waals surface area contributed by atoms with E-state index in [1.165, 1.54) is 6.26 Å². The highest BCUT2D eigenvalue weighted by atomic mass is 35.5. The summed E-state index contributed by atoms with van der Waals surface area (Å²) in [6, 6.07) is 5.38. The molecule has 1 aliphatic rings. The van der Waals surface area contributed by atoms with Gasteiger partial charge in [-0.3, -0.25) is 14.6 Å². The molecule has 1 atom stereocenters. The van der Waals surface area contributed by atoms with Gasteiger partial charge in [0.25, 0.3) is 5.91 Å². The Morgan fingerprint density at radius 2 is 2.03 bits per heavy atom. The monoisotopic (exact) mass is 434 g/mol. The first kappa shape index (κ1) is 22.7. The molecule has 8 heteroatoms. The Kier molecular flexibility index (Phi) is 8.27. The van der Waals surface area contributed by atoms with Gasteiger partial charge in [0, 0.05) is 43.4 Å². The lowest BCUT2D eigenvalue weighted by Crippen LogP contribution is -2.48. The largest absolute Gasteiger partial charge is 0.447 e. The van der Waals surface area contributed by atoms with Gasteiger partial charge < -0.3 is 14.8 Å². The summed E-state index contributed by atoms with van der Waals surface area (Å²) in [6.45, 7) is 8.93. The maximum atomic E-state index is 12.4. The molecule has 7 nitrogen and oxygen atoms in total. The fourth-order valence-electron chi connectivity index (χ4n) is 3.50. The Bertz CT molecular complexity index is 834. The lowest BCUT2D eigenvalue weighted by molar-refractivity contribution is 0.0627. The number of β-amino-alcohol motifs (C(OH)–C–C–N with tert-alkyl or cyclic N) is 1. The summed E-state index contributed by atoms with van der Waals surface area (Å²) in [5.41, 5.74) is 1.82.